The number of methoxy groups -OCH3 is 2. The van der Waals surface area contributed by atoms with Gasteiger partial charge in [0.1, 0.15) is 11.5 Å². The highest BCUT2D eigenvalue weighted by Crippen LogP contribution is 2.31. The molecule has 0 atom stereocenters. The van der Waals surface area contributed by atoms with E-state index in [-0.39, 0.29) is 18.7 Å². The molecule has 0 aliphatic carbocycles. The van der Waals surface area contributed by atoms with Crippen LogP contribution in [0.2, 0.25) is 0 Å². The Morgan fingerprint density at radius 2 is 2.15 bits per heavy atom. The monoisotopic (exact) mass is 278 g/mol. The third-order valence-corrected chi connectivity index (χ3v) is 2.67. The number of ether oxygens (including phenoxy) is 2. The van der Waals surface area contributed by atoms with Crippen LogP contribution >= 0.6 is 0 Å². The molecule has 2 rings (SSSR count). The van der Waals surface area contributed by atoms with E-state index in [2.05, 4.69) is 10.1 Å². The van der Waals surface area contributed by atoms with Crippen LogP contribution in [0.5, 0.6) is 11.5 Å². The van der Waals surface area contributed by atoms with E-state index in [4.69, 9.17) is 19.1 Å². The summed E-state index contributed by atoms with van der Waals surface area (Å²) < 4.78 is 15.4. The van der Waals surface area contributed by atoms with Gasteiger partial charge in [-0.05, 0) is 18.2 Å². The minimum atomic E-state index is -0.913. The number of carboxylic acids is 1. The van der Waals surface area contributed by atoms with E-state index in [1.807, 2.05) is 0 Å². The highest BCUT2D eigenvalue weighted by atomic mass is 16.5. The molecule has 2 aromatic rings. The average molecular weight is 278 g/mol. The molecule has 1 heterocycles. The van der Waals surface area contributed by atoms with Crippen LogP contribution in [0.3, 0.4) is 0 Å². The van der Waals surface area contributed by atoms with Gasteiger partial charge >= 0.3 is 5.97 Å². The summed E-state index contributed by atoms with van der Waals surface area (Å²) >= 11 is 0. The predicted molar refractivity (Wildman–Crippen MR) is 68.8 cm³/mol. The summed E-state index contributed by atoms with van der Waals surface area (Å²) in [4.78, 5) is 14.7. The number of hydrogen-bond donors (Lipinski definition) is 1. The first-order valence-electron chi connectivity index (χ1n) is 5.91. The summed E-state index contributed by atoms with van der Waals surface area (Å²) in [7, 11) is 3.09. The lowest BCUT2D eigenvalue weighted by atomic mass is 10.2. The minimum Gasteiger partial charge on any atom is -0.497 e. The molecule has 0 bridgehead atoms. The number of nitrogens with zero attached hydrogens (tertiary/aromatic N) is 2. The minimum absolute atomic E-state index is 0.0587. The topological polar surface area (TPSA) is 94.7 Å². The van der Waals surface area contributed by atoms with Crippen LogP contribution in [0.15, 0.2) is 22.7 Å². The maximum absolute atomic E-state index is 10.5. The first kappa shape index (κ1) is 13.9. The van der Waals surface area contributed by atoms with Crippen LogP contribution in [-0.4, -0.2) is 35.4 Å². The van der Waals surface area contributed by atoms with Gasteiger partial charge in [-0.15, -0.1) is 0 Å². The lowest BCUT2D eigenvalue weighted by Crippen LogP contribution is -1.97. The number of aliphatic carboxylic acids is 1. The summed E-state index contributed by atoms with van der Waals surface area (Å²) in [5.41, 5.74) is 0.622. The van der Waals surface area contributed by atoms with Crippen molar-refractivity contribution in [1.29, 1.82) is 0 Å². The number of carboxylic acid groups (broad SMARTS) is 1. The van der Waals surface area contributed by atoms with Crippen molar-refractivity contribution in [3.8, 4) is 22.9 Å². The van der Waals surface area contributed by atoms with E-state index in [9.17, 15) is 4.79 Å². The van der Waals surface area contributed by atoms with Gasteiger partial charge in [0.05, 0.1) is 26.2 Å². The molecule has 1 aromatic carbocycles. The molecule has 20 heavy (non-hydrogen) atoms. The Labute approximate surface area is 115 Å². The lowest BCUT2D eigenvalue weighted by molar-refractivity contribution is -0.137. The van der Waals surface area contributed by atoms with Gasteiger partial charge in [-0.3, -0.25) is 4.79 Å². The van der Waals surface area contributed by atoms with Crippen molar-refractivity contribution >= 4 is 5.97 Å². The first-order chi connectivity index (χ1) is 9.63. The highest BCUT2D eigenvalue weighted by molar-refractivity contribution is 5.67. The Kier molecular flexibility index (Phi) is 4.19. The van der Waals surface area contributed by atoms with Gasteiger partial charge in [-0.1, -0.05) is 5.16 Å². The van der Waals surface area contributed by atoms with Crippen molar-refractivity contribution < 1.29 is 23.9 Å². The van der Waals surface area contributed by atoms with Crippen molar-refractivity contribution in [3.05, 3.63) is 24.1 Å². The molecule has 0 fully saturated rings. The molecule has 0 amide bonds. The second-order valence-corrected chi connectivity index (χ2v) is 3.97. The number of aryl methyl sites for hydroxylation is 1. The second kappa shape index (κ2) is 6.05. The van der Waals surface area contributed by atoms with Crippen LogP contribution in [0, 0.1) is 0 Å². The van der Waals surface area contributed by atoms with E-state index in [0.29, 0.717) is 22.9 Å². The van der Waals surface area contributed by atoms with Crippen LogP contribution in [0.25, 0.3) is 11.4 Å². The Morgan fingerprint density at radius 3 is 2.80 bits per heavy atom. The molecule has 0 saturated heterocycles. The smallest absolute Gasteiger partial charge is 0.303 e. The third kappa shape index (κ3) is 3.05. The molecule has 0 unspecified atom stereocenters. The molecular weight excluding hydrogens is 264 g/mol. The van der Waals surface area contributed by atoms with Crippen LogP contribution in [0.1, 0.15) is 12.3 Å². The van der Waals surface area contributed by atoms with E-state index >= 15 is 0 Å². The fourth-order valence-corrected chi connectivity index (χ4v) is 1.67. The zero-order chi connectivity index (χ0) is 14.5. The first-order valence-corrected chi connectivity index (χ1v) is 5.91. The van der Waals surface area contributed by atoms with Crippen molar-refractivity contribution in [1.82, 2.24) is 10.1 Å². The molecule has 7 nitrogen and oxygen atoms in total. The fourth-order valence-electron chi connectivity index (χ4n) is 1.67. The molecule has 7 heteroatoms. The highest BCUT2D eigenvalue weighted by Gasteiger charge is 2.15. The zero-order valence-electron chi connectivity index (χ0n) is 11.1. The van der Waals surface area contributed by atoms with Crippen molar-refractivity contribution in [2.45, 2.75) is 12.8 Å². The molecule has 106 valence electrons. The van der Waals surface area contributed by atoms with Crippen molar-refractivity contribution in [2.24, 2.45) is 0 Å². The summed E-state index contributed by atoms with van der Waals surface area (Å²) in [6.45, 7) is 0. The molecular formula is C13H14N2O5. The zero-order valence-corrected chi connectivity index (χ0v) is 11.1. The van der Waals surface area contributed by atoms with Crippen molar-refractivity contribution in [3.63, 3.8) is 0 Å². The SMILES string of the molecule is COc1ccc(OC)c(-c2noc(CCC(=O)O)n2)c1. The van der Waals surface area contributed by atoms with Gasteiger partial charge in [0.25, 0.3) is 0 Å². The number of rotatable bonds is 6. The molecule has 0 aliphatic rings. The molecule has 0 spiro atoms. The summed E-state index contributed by atoms with van der Waals surface area (Å²) in [5.74, 6) is 0.909. The average Bonchev–Trinajstić information content (AvgIpc) is 2.93. The summed E-state index contributed by atoms with van der Waals surface area (Å²) in [6, 6.07) is 5.22. The van der Waals surface area contributed by atoms with E-state index in [1.165, 1.54) is 7.11 Å². The van der Waals surface area contributed by atoms with Gasteiger partial charge < -0.3 is 19.1 Å². The largest absolute Gasteiger partial charge is 0.497 e. The molecule has 0 saturated carbocycles. The Balaban J connectivity index is 2.28. The molecule has 0 radical (unpaired) electrons. The van der Waals surface area contributed by atoms with Crippen molar-refractivity contribution in [2.75, 3.05) is 14.2 Å². The Bertz CT molecular complexity index is 609. The normalized spacial score (nSPS) is 10.3. The van der Waals surface area contributed by atoms with Gasteiger partial charge in [-0.25, -0.2) is 0 Å². The fraction of sp³-hybridized carbons (Fsp3) is 0.308. The maximum atomic E-state index is 10.5. The van der Waals surface area contributed by atoms with Gasteiger partial charge in [0.2, 0.25) is 11.7 Å². The number of aromatic nitrogens is 2. The molecule has 1 N–H and O–H groups in total. The standard InChI is InChI=1S/C13H14N2O5/c1-18-8-3-4-10(19-2)9(7-8)13-14-11(20-15-13)5-6-12(16)17/h3-4,7H,5-6H2,1-2H3,(H,16,17). The van der Waals surface area contributed by atoms with Gasteiger partial charge in [0.15, 0.2) is 0 Å². The van der Waals surface area contributed by atoms with Crippen LogP contribution < -0.4 is 9.47 Å². The van der Waals surface area contributed by atoms with E-state index in [1.54, 1.807) is 25.3 Å². The maximum Gasteiger partial charge on any atom is 0.303 e. The molecule has 1 aromatic heterocycles. The van der Waals surface area contributed by atoms with E-state index in [0.717, 1.165) is 0 Å². The number of carbonyl (C=O) groups is 1. The Hall–Kier alpha value is -2.57. The second-order valence-electron chi connectivity index (χ2n) is 3.97. The number of hydrogen-bond acceptors (Lipinski definition) is 6. The number of benzene rings is 1. The van der Waals surface area contributed by atoms with Gasteiger partial charge in [0, 0.05) is 6.42 Å². The van der Waals surface area contributed by atoms with Gasteiger partial charge in [-0.2, -0.15) is 4.98 Å². The van der Waals surface area contributed by atoms with Crippen LogP contribution in [0.4, 0.5) is 0 Å². The van der Waals surface area contributed by atoms with Crippen LogP contribution in [-0.2, 0) is 11.2 Å². The Morgan fingerprint density at radius 1 is 1.35 bits per heavy atom. The van der Waals surface area contributed by atoms with E-state index < -0.39 is 5.97 Å². The summed E-state index contributed by atoms with van der Waals surface area (Å²) in [5, 5.41) is 12.5. The summed E-state index contributed by atoms with van der Waals surface area (Å²) in [6.07, 6.45) is 0.130. The molecule has 0 aliphatic heterocycles. The quantitative estimate of drug-likeness (QED) is 0.860. The third-order valence-electron chi connectivity index (χ3n) is 2.67. The lowest BCUT2D eigenvalue weighted by Gasteiger charge is -2.07. The predicted octanol–water partition coefficient (Wildman–Crippen LogP) is 1.77.